The van der Waals surface area contributed by atoms with Gasteiger partial charge in [-0.05, 0) is 23.8 Å². The summed E-state index contributed by atoms with van der Waals surface area (Å²) in [7, 11) is 0. The Morgan fingerprint density at radius 1 is 1.17 bits per heavy atom. The third-order valence-corrected chi connectivity index (χ3v) is 4.60. The molecule has 0 bridgehead atoms. The van der Waals surface area contributed by atoms with Crippen LogP contribution in [0.25, 0.3) is 17.0 Å². The Kier molecular flexibility index (Phi) is 4.74. The molecular formula is C18H14ClNO2S. The summed E-state index contributed by atoms with van der Waals surface area (Å²) in [5.41, 5.74) is 1.32. The van der Waals surface area contributed by atoms with Crippen LogP contribution >= 0.6 is 23.4 Å². The molecule has 0 aliphatic rings. The molecule has 0 aliphatic carbocycles. The highest BCUT2D eigenvalue weighted by molar-refractivity contribution is 7.99. The van der Waals surface area contributed by atoms with E-state index in [0.717, 1.165) is 5.56 Å². The molecule has 0 radical (unpaired) electrons. The van der Waals surface area contributed by atoms with Crippen LogP contribution in [-0.2, 0) is 0 Å². The fraction of sp³-hybridized carbons (Fsp3) is 0.0556. The number of pyridine rings is 1. The van der Waals surface area contributed by atoms with Gasteiger partial charge in [0.2, 0.25) is 0 Å². The molecule has 2 N–H and O–H groups in total. The minimum Gasteiger partial charge on any atom is -0.506 e. The molecule has 3 aromatic rings. The summed E-state index contributed by atoms with van der Waals surface area (Å²) in [5.74, 6) is 0.587. The molecule has 0 aliphatic heterocycles. The lowest BCUT2D eigenvalue weighted by Gasteiger charge is -2.06. The molecule has 3 nitrogen and oxygen atoms in total. The smallest absolute Gasteiger partial charge is 0.265 e. The van der Waals surface area contributed by atoms with E-state index in [9.17, 15) is 9.90 Å². The van der Waals surface area contributed by atoms with Crippen molar-refractivity contribution in [1.29, 1.82) is 0 Å². The van der Waals surface area contributed by atoms with E-state index in [1.165, 1.54) is 11.8 Å². The van der Waals surface area contributed by atoms with E-state index >= 15 is 0 Å². The maximum absolute atomic E-state index is 12.1. The molecular weight excluding hydrogens is 330 g/mol. The largest absolute Gasteiger partial charge is 0.506 e. The van der Waals surface area contributed by atoms with E-state index in [1.54, 1.807) is 18.2 Å². The van der Waals surface area contributed by atoms with Gasteiger partial charge in [0.15, 0.2) is 0 Å². The molecule has 0 atom stereocenters. The topological polar surface area (TPSA) is 53.1 Å². The highest BCUT2D eigenvalue weighted by Gasteiger charge is 2.11. The Morgan fingerprint density at radius 2 is 1.96 bits per heavy atom. The molecule has 0 spiro atoms. The maximum atomic E-state index is 12.1. The zero-order valence-electron chi connectivity index (χ0n) is 12.1. The van der Waals surface area contributed by atoms with Crippen molar-refractivity contribution in [1.82, 2.24) is 4.98 Å². The van der Waals surface area contributed by atoms with Gasteiger partial charge in [-0.15, -0.1) is 11.8 Å². The van der Waals surface area contributed by atoms with Gasteiger partial charge >= 0.3 is 0 Å². The van der Waals surface area contributed by atoms with Crippen molar-refractivity contribution >= 4 is 40.3 Å². The summed E-state index contributed by atoms with van der Waals surface area (Å²) in [6.45, 7) is 0. The number of nitrogens with one attached hydrogen (secondary N) is 1. The minimum absolute atomic E-state index is 0.00136. The van der Waals surface area contributed by atoms with E-state index in [4.69, 9.17) is 11.6 Å². The Hall–Kier alpha value is -2.17. The summed E-state index contributed by atoms with van der Waals surface area (Å²) in [6, 6.07) is 14.9. The summed E-state index contributed by atoms with van der Waals surface area (Å²) in [5, 5.41) is 11.4. The van der Waals surface area contributed by atoms with Gasteiger partial charge < -0.3 is 10.1 Å². The number of halogens is 1. The van der Waals surface area contributed by atoms with Gasteiger partial charge in [0, 0.05) is 16.2 Å². The molecule has 1 heterocycles. The molecule has 5 heteroatoms. The van der Waals surface area contributed by atoms with Crippen LogP contribution in [0.5, 0.6) is 5.75 Å². The Bertz CT molecular complexity index is 919. The number of benzene rings is 2. The third-order valence-electron chi connectivity index (χ3n) is 3.34. The second-order valence-corrected chi connectivity index (χ2v) is 6.41. The van der Waals surface area contributed by atoms with Gasteiger partial charge in [-0.2, -0.15) is 0 Å². The number of hydrogen-bond donors (Lipinski definition) is 2. The van der Waals surface area contributed by atoms with Crippen molar-refractivity contribution in [2.45, 2.75) is 4.90 Å². The average molecular weight is 344 g/mol. The molecule has 0 saturated carbocycles. The second kappa shape index (κ2) is 6.94. The van der Waals surface area contributed by atoms with Crippen molar-refractivity contribution in [3.05, 3.63) is 75.5 Å². The van der Waals surface area contributed by atoms with E-state index < -0.39 is 0 Å². The number of aromatic nitrogens is 1. The van der Waals surface area contributed by atoms with Crippen molar-refractivity contribution in [3.63, 3.8) is 0 Å². The molecule has 0 amide bonds. The van der Waals surface area contributed by atoms with Crippen LogP contribution in [0.15, 0.2) is 64.3 Å². The van der Waals surface area contributed by atoms with Gasteiger partial charge in [-0.3, -0.25) is 4.79 Å². The number of rotatable bonds is 4. The summed E-state index contributed by atoms with van der Waals surface area (Å²) in [6.07, 6.45) is 3.95. The third kappa shape index (κ3) is 3.60. The molecule has 2 aromatic carbocycles. The lowest BCUT2D eigenvalue weighted by atomic mass is 10.2. The molecule has 3 rings (SSSR count). The Balaban J connectivity index is 1.82. The SMILES string of the molecule is O=c1[nH]c2cc(Cl)ccc2c(O)c1SC/C=C/c1ccccc1. The predicted molar refractivity (Wildman–Crippen MR) is 97.4 cm³/mol. The van der Waals surface area contributed by atoms with E-state index in [1.807, 2.05) is 42.5 Å². The first-order valence-corrected chi connectivity index (χ1v) is 8.40. The lowest BCUT2D eigenvalue weighted by Crippen LogP contribution is -2.08. The summed E-state index contributed by atoms with van der Waals surface area (Å²) >= 11 is 7.20. The van der Waals surface area contributed by atoms with Crippen molar-refractivity contribution < 1.29 is 5.11 Å². The first-order valence-electron chi connectivity index (χ1n) is 7.04. The Labute approximate surface area is 142 Å². The Morgan fingerprint density at radius 3 is 2.74 bits per heavy atom. The molecule has 116 valence electrons. The van der Waals surface area contributed by atoms with Crippen LogP contribution < -0.4 is 5.56 Å². The zero-order valence-corrected chi connectivity index (χ0v) is 13.7. The van der Waals surface area contributed by atoms with Gasteiger partial charge in [0.05, 0.1) is 5.52 Å². The summed E-state index contributed by atoms with van der Waals surface area (Å²) < 4.78 is 0. The first-order chi connectivity index (χ1) is 11.1. The van der Waals surface area contributed by atoms with Crippen LogP contribution in [0, 0.1) is 0 Å². The monoisotopic (exact) mass is 343 g/mol. The normalized spacial score (nSPS) is 11.3. The number of H-pyrrole nitrogens is 1. The second-order valence-electron chi connectivity index (χ2n) is 4.95. The maximum Gasteiger partial charge on any atom is 0.265 e. The fourth-order valence-electron chi connectivity index (χ4n) is 2.25. The number of fused-ring (bicyclic) bond motifs is 1. The molecule has 0 saturated heterocycles. The van der Waals surface area contributed by atoms with Crippen molar-refractivity contribution in [2.75, 3.05) is 5.75 Å². The fourth-order valence-corrected chi connectivity index (χ4v) is 3.21. The average Bonchev–Trinajstić information content (AvgIpc) is 2.54. The first kappa shape index (κ1) is 15.7. The van der Waals surface area contributed by atoms with Gasteiger partial charge in [0.1, 0.15) is 10.6 Å². The van der Waals surface area contributed by atoms with Crippen LogP contribution in [-0.4, -0.2) is 15.8 Å². The zero-order chi connectivity index (χ0) is 16.2. The van der Waals surface area contributed by atoms with Crippen LogP contribution in [0.4, 0.5) is 0 Å². The van der Waals surface area contributed by atoms with Gasteiger partial charge in [-0.25, -0.2) is 0 Å². The molecule has 0 unspecified atom stereocenters. The molecule has 0 fully saturated rings. The summed E-state index contributed by atoms with van der Waals surface area (Å²) in [4.78, 5) is 15.2. The number of hydrogen-bond acceptors (Lipinski definition) is 3. The quantitative estimate of drug-likeness (QED) is 0.675. The predicted octanol–water partition coefficient (Wildman–Crippen LogP) is 4.69. The highest BCUT2D eigenvalue weighted by Crippen LogP contribution is 2.32. The molecule has 23 heavy (non-hydrogen) atoms. The van der Waals surface area contributed by atoms with Gasteiger partial charge in [0.25, 0.3) is 5.56 Å². The van der Waals surface area contributed by atoms with E-state index in [0.29, 0.717) is 26.6 Å². The highest BCUT2D eigenvalue weighted by atomic mass is 35.5. The van der Waals surface area contributed by atoms with Crippen LogP contribution in [0.3, 0.4) is 0 Å². The van der Waals surface area contributed by atoms with E-state index in [2.05, 4.69) is 4.98 Å². The standard InChI is InChI=1S/C18H14ClNO2S/c19-13-8-9-14-15(11-13)20-18(22)17(16(14)21)23-10-4-7-12-5-2-1-3-6-12/h1-9,11H,10H2,(H2,20,21,22)/b7-4+. The van der Waals surface area contributed by atoms with Crippen molar-refractivity contribution in [3.8, 4) is 5.75 Å². The lowest BCUT2D eigenvalue weighted by molar-refractivity contribution is 0.467. The molecule has 1 aromatic heterocycles. The van der Waals surface area contributed by atoms with Crippen LogP contribution in [0.2, 0.25) is 5.02 Å². The van der Waals surface area contributed by atoms with Crippen LogP contribution in [0.1, 0.15) is 5.56 Å². The van der Waals surface area contributed by atoms with Crippen molar-refractivity contribution in [2.24, 2.45) is 0 Å². The van der Waals surface area contributed by atoms with Gasteiger partial charge in [-0.1, -0.05) is 54.1 Å². The minimum atomic E-state index is -0.310. The number of thioether (sulfide) groups is 1. The van der Waals surface area contributed by atoms with E-state index in [-0.39, 0.29) is 11.3 Å². The number of aromatic amines is 1. The number of aromatic hydroxyl groups is 1.